The van der Waals surface area contributed by atoms with Gasteiger partial charge in [0.05, 0.1) is 12.6 Å². The van der Waals surface area contributed by atoms with E-state index in [0.29, 0.717) is 6.61 Å². The fraction of sp³-hybridized carbons (Fsp3) is 0.857. The molecule has 0 N–H and O–H groups in total. The summed E-state index contributed by atoms with van der Waals surface area (Å²) in [6.45, 7) is 4.68. The van der Waals surface area contributed by atoms with Crippen molar-refractivity contribution in [2.75, 3.05) is 13.7 Å². The maximum atomic E-state index is 10.5. The van der Waals surface area contributed by atoms with Crippen molar-refractivity contribution in [1.29, 1.82) is 0 Å². The predicted octanol–water partition coefficient (Wildman–Crippen LogP) is 0.457. The van der Waals surface area contributed by atoms with E-state index in [1.165, 1.54) is 0 Å². The third-order valence-electron chi connectivity index (χ3n) is 1.96. The SMILES string of the molecule is CN1OCC(C)(C)C1C=O. The minimum absolute atomic E-state index is 0.0312. The summed E-state index contributed by atoms with van der Waals surface area (Å²) in [5.74, 6) is 0. The van der Waals surface area contributed by atoms with Crippen LogP contribution in [0.5, 0.6) is 0 Å². The van der Waals surface area contributed by atoms with E-state index in [4.69, 9.17) is 4.84 Å². The number of rotatable bonds is 1. The summed E-state index contributed by atoms with van der Waals surface area (Å²) in [5.41, 5.74) is -0.0312. The Bertz CT molecular complexity index is 145. The molecule has 58 valence electrons. The number of hydrogen-bond acceptors (Lipinski definition) is 3. The molecule has 10 heavy (non-hydrogen) atoms. The van der Waals surface area contributed by atoms with Gasteiger partial charge < -0.3 is 4.79 Å². The molecule has 1 heterocycles. The van der Waals surface area contributed by atoms with Gasteiger partial charge >= 0.3 is 0 Å². The van der Waals surface area contributed by atoms with Crippen LogP contribution in [-0.2, 0) is 9.63 Å². The van der Waals surface area contributed by atoms with Crippen LogP contribution in [0.3, 0.4) is 0 Å². The Morgan fingerprint density at radius 3 is 2.50 bits per heavy atom. The molecule has 1 rings (SSSR count). The van der Waals surface area contributed by atoms with Crippen molar-refractivity contribution in [1.82, 2.24) is 5.06 Å². The van der Waals surface area contributed by atoms with Crippen LogP contribution >= 0.6 is 0 Å². The van der Waals surface area contributed by atoms with Crippen molar-refractivity contribution in [3.8, 4) is 0 Å². The summed E-state index contributed by atoms with van der Waals surface area (Å²) in [6.07, 6.45) is 0.938. The van der Waals surface area contributed by atoms with E-state index in [2.05, 4.69) is 0 Å². The summed E-state index contributed by atoms with van der Waals surface area (Å²) in [6, 6.07) is -0.0903. The van der Waals surface area contributed by atoms with Gasteiger partial charge in [-0.25, -0.2) is 0 Å². The molecule has 0 saturated carbocycles. The lowest BCUT2D eigenvalue weighted by Crippen LogP contribution is -2.35. The first-order valence-electron chi connectivity index (χ1n) is 3.39. The molecule has 0 bridgehead atoms. The van der Waals surface area contributed by atoms with Crippen molar-refractivity contribution in [3.05, 3.63) is 0 Å². The van der Waals surface area contributed by atoms with Crippen LogP contribution in [0.1, 0.15) is 13.8 Å². The number of carbonyl (C=O) groups is 1. The molecule has 1 aliphatic rings. The lowest BCUT2D eigenvalue weighted by atomic mass is 9.87. The van der Waals surface area contributed by atoms with E-state index in [-0.39, 0.29) is 11.5 Å². The Morgan fingerprint density at radius 1 is 1.70 bits per heavy atom. The van der Waals surface area contributed by atoms with Gasteiger partial charge in [-0.15, -0.1) is 0 Å². The van der Waals surface area contributed by atoms with E-state index in [0.717, 1.165) is 6.29 Å². The van der Waals surface area contributed by atoms with Gasteiger partial charge in [0.25, 0.3) is 0 Å². The first kappa shape index (κ1) is 7.69. The molecule has 1 unspecified atom stereocenters. The van der Waals surface area contributed by atoms with Gasteiger partial charge in [0, 0.05) is 12.5 Å². The normalized spacial score (nSPS) is 32.5. The number of nitrogens with zero attached hydrogens (tertiary/aromatic N) is 1. The number of carbonyl (C=O) groups excluding carboxylic acids is 1. The zero-order valence-electron chi connectivity index (χ0n) is 6.63. The van der Waals surface area contributed by atoms with Crippen molar-refractivity contribution < 1.29 is 9.63 Å². The van der Waals surface area contributed by atoms with Crippen molar-refractivity contribution in [2.45, 2.75) is 19.9 Å². The Morgan fingerprint density at radius 2 is 2.30 bits per heavy atom. The van der Waals surface area contributed by atoms with Gasteiger partial charge in [0.15, 0.2) is 0 Å². The van der Waals surface area contributed by atoms with Crippen molar-refractivity contribution in [3.63, 3.8) is 0 Å². The maximum Gasteiger partial charge on any atom is 0.140 e. The number of hydrogen-bond donors (Lipinski definition) is 0. The van der Waals surface area contributed by atoms with Crippen LogP contribution in [-0.4, -0.2) is 31.0 Å². The molecule has 0 aromatic carbocycles. The molecular formula is C7H13NO2. The zero-order valence-corrected chi connectivity index (χ0v) is 6.63. The molecule has 1 fully saturated rings. The monoisotopic (exact) mass is 143 g/mol. The average molecular weight is 143 g/mol. The largest absolute Gasteiger partial charge is 0.302 e. The third kappa shape index (κ3) is 1.07. The predicted molar refractivity (Wildman–Crippen MR) is 37.3 cm³/mol. The van der Waals surface area contributed by atoms with Gasteiger partial charge in [0.1, 0.15) is 6.29 Å². The van der Waals surface area contributed by atoms with Gasteiger partial charge in [-0.2, -0.15) is 5.06 Å². The van der Waals surface area contributed by atoms with Gasteiger partial charge in [-0.3, -0.25) is 4.84 Å². The molecule has 3 heteroatoms. The smallest absolute Gasteiger partial charge is 0.140 e. The summed E-state index contributed by atoms with van der Waals surface area (Å²) >= 11 is 0. The van der Waals surface area contributed by atoms with Gasteiger partial charge in [-0.05, 0) is 0 Å². The Hall–Kier alpha value is -0.410. The van der Waals surface area contributed by atoms with Crippen LogP contribution in [0.15, 0.2) is 0 Å². The Kier molecular flexibility index (Phi) is 1.79. The number of likely N-dealkylation sites (N-methyl/N-ethyl adjacent to an activating group) is 1. The molecule has 3 nitrogen and oxygen atoms in total. The molecular weight excluding hydrogens is 130 g/mol. The van der Waals surface area contributed by atoms with Gasteiger partial charge in [0.2, 0.25) is 0 Å². The molecule has 0 amide bonds. The Balaban J connectivity index is 2.72. The van der Waals surface area contributed by atoms with E-state index >= 15 is 0 Å². The van der Waals surface area contributed by atoms with E-state index in [1.807, 2.05) is 13.8 Å². The molecule has 0 radical (unpaired) electrons. The fourth-order valence-corrected chi connectivity index (χ4v) is 1.20. The summed E-state index contributed by atoms with van der Waals surface area (Å²) in [7, 11) is 1.79. The summed E-state index contributed by atoms with van der Waals surface area (Å²) in [4.78, 5) is 15.7. The zero-order chi connectivity index (χ0) is 7.78. The lowest BCUT2D eigenvalue weighted by Gasteiger charge is -2.21. The molecule has 0 aliphatic carbocycles. The topological polar surface area (TPSA) is 29.5 Å². The number of hydroxylamine groups is 2. The maximum absolute atomic E-state index is 10.5. The van der Waals surface area contributed by atoms with Crippen LogP contribution in [0.25, 0.3) is 0 Å². The molecule has 0 aromatic heterocycles. The molecule has 1 atom stereocenters. The number of aldehydes is 1. The summed E-state index contributed by atoms with van der Waals surface area (Å²) in [5, 5.41) is 1.62. The minimum Gasteiger partial charge on any atom is -0.302 e. The van der Waals surface area contributed by atoms with Crippen LogP contribution in [0.4, 0.5) is 0 Å². The molecule has 1 saturated heterocycles. The van der Waals surface area contributed by atoms with E-state index in [1.54, 1.807) is 12.1 Å². The molecule has 0 aromatic rings. The molecule has 0 spiro atoms. The van der Waals surface area contributed by atoms with E-state index in [9.17, 15) is 4.79 Å². The lowest BCUT2D eigenvalue weighted by molar-refractivity contribution is -0.132. The van der Waals surface area contributed by atoms with Crippen LogP contribution < -0.4 is 0 Å². The molecule has 1 aliphatic heterocycles. The van der Waals surface area contributed by atoms with Crippen molar-refractivity contribution >= 4 is 6.29 Å². The second kappa shape index (κ2) is 2.32. The summed E-state index contributed by atoms with van der Waals surface area (Å²) < 4.78 is 0. The van der Waals surface area contributed by atoms with E-state index < -0.39 is 0 Å². The minimum atomic E-state index is -0.0903. The second-order valence-corrected chi connectivity index (χ2v) is 3.39. The average Bonchev–Trinajstić information content (AvgIpc) is 2.07. The first-order valence-corrected chi connectivity index (χ1v) is 3.39. The van der Waals surface area contributed by atoms with Crippen LogP contribution in [0.2, 0.25) is 0 Å². The second-order valence-electron chi connectivity index (χ2n) is 3.39. The fourth-order valence-electron chi connectivity index (χ4n) is 1.20. The van der Waals surface area contributed by atoms with Crippen molar-refractivity contribution in [2.24, 2.45) is 5.41 Å². The highest BCUT2D eigenvalue weighted by Gasteiger charge is 2.39. The standard InChI is InChI=1S/C7H13NO2/c1-7(2)5-10-8(3)6(7)4-9/h4,6H,5H2,1-3H3. The Labute approximate surface area is 60.9 Å². The highest BCUT2D eigenvalue weighted by atomic mass is 16.7. The quantitative estimate of drug-likeness (QED) is 0.499. The first-order chi connectivity index (χ1) is 4.58. The van der Waals surface area contributed by atoms with Gasteiger partial charge in [-0.1, -0.05) is 13.8 Å². The highest BCUT2D eigenvalue weighted by molar-refractivity contribution is 5.59. The van der Waals surface area contributed by atoms with Crippen LogP contribution in [0, 0.1) is 5.41 Å². The highest BCUT2D eigenvalue weighted by Crippen LogP contribution is 2.29. The third-order valence-corrected chi connectivity index (χ3v) is 1.96.